The molecule has 0 saturated heterocycles. The first-order valence-electron chi connectivity index (χ1n) is 7.16. The zero-order valence-corrected chi connectivity index (χ0v) is 13.3. The number of phenolic OH excluding ortho intramolecular Hbond substituents is 1. The van der Waals surface area contributed by atoms with Crippen LogP contribution in [0.3, 0.4) is 0 Å². The molecule has 130 valence electrons. The molecule has 0 aliphatic carbocycles. The predicted octanol–water partition coefficient (Wildman–Crippen LogP) is 0.288. The van der Waals surface area contributed by atoms with Gasteiger partial charge in [-0.1, -0.05) is 18.2 Å². The van der Waals surface area contributed by atoms with Crippen LogP contribution in [-0.2, 0) is 6.54 Å². The molecular formula is C16H16N4O5. The number of hydrazone groups is 1. The number of para-hydroxylation sites is 1. The predicted molar refractivity (Wildman–Crippen MR) is 91.0 cm³/mol. The van der Waals surface area contributed by atoms with Crippen molar-refractivity contribution in [2.75, 3.05) is 0 Å². The van der Waals surface area contributed by atoms with E-state index in [1.54, 1.807) is 12.1 Å². The average Bonchev–Trinajstić information content (AvgIpc) is 2.56. The molecule has 0 saturated carbocycles. The van der Waals surface area contributed by atoms with Crippen LogP contribution in [0.1, 0.15) is 22.8 Å². The van der Waals surface area contributed by atoms with Gasteiger partial charge in [-0.2, -0.15) is 5.10 Å². The fourth-order valence-electron chi connectivity index (χ4n) is 2.10. The number of allylic oxidation sites excluding steroid dienone is 1. The molecule has 0 bridgehead atoms. The highest BCUT2D eigenvalue weighted by Crippen LogP contribution is 2.15. The van der Waals surface area contributed by atoms with Crippen molar-refractivity contribution in [1.29, 1.82) is 0 Å². The van der Waals surface area contributed by atoms with Crippen LogP contribution in [0.15, 0.2) is 51.6 Å². The number of phenols is 1. The summed E-state index contributed by atoms with van der Waals surface area (Å²) in [6, 6.07) is 5.85. The highest BCUT2D eigenvalue weighted by Gasteiger charge is 2.17. The number of nitrogens with one attached hydrogen (secondary N) is 2. The molecule has 0 spiro atoms. The second kappa shape index (κ2) is 7.30. The van der Waals surface area contributed by atoms with Gasteiger partial charge >= 0.3 is 5.69 Å². The van der Waals surface area contributed by atoms with Gasteiger partial charge in [0.2, 0.25) is 5.88 Å². The van der Waals surface area contributed by atoms with Crippen molar-refractivity contribution in [2.45, 2.75) is 13.5 Å². The second-order valence-corrected chi connectivity index (χ2v) is 5.01. The van der Waals surface area contributed by atoms with E-state index < -0.39 is 23.0 Å². The quantitative estimate of drug-likeness (QED) is 0.351. The van der Waals surface area contributed by atoms with Crippen molar-refractivity contribution in [2.24, 2.45) is 5.10 Å². The van der Waals surface area contributed by atoms with Crippen LogP contribution in [0.25, 0.3) is 0 Å². The summed E-state index contributed by atoms with van der Waals surface area (Å²) in [7, 11) is 0. The van der Waals surface area contributed by atoms with Gasteiger partial charge in [0.1, 0.15) is 11.3 Å². The van der Waals surface area contributed by atoms with Crippen LogP contribution in [0.5, 0.6) is 11.6 Å². The van der Waals surface area contributed by atoms with Crippen LogP contribution >= 0.6 is 0 Å². The Morgan fingerprint density at radius 1 is 1.36 bits per heavy atom. The molecule has 1 aromatic carbocycles. The van der Waals surface area contributed by atoms with Crippen LogP contribution in [0, 0.1) is 0 Å². The van der Waals surface area contributed by atoms with E-state index in [9.17, 15) is 24.6 Å². The topological polar surface area (TPSA) is 137 Å². The van der Waals surface area contributed by atoms with E-state index in [4.69, 9.17) is 0 Å². The summed E-state index contributed by atoms with van der Waals surface area (Å²) in [4.78, 5) is 37.7. The van der Waals surface area contributed by atoms with Crippen molar-refractivity contribution in [3.63, 3.8) is 0 Å². The van der Waals surface area contributed by atoms with Gasteiger partial charge in [0.25, 0.3) is 11.5 Å². The minimum absolute atomic E-state index is 0.00573. The number of aromatic amines is 1. The summed E-state index contributed by atoms with van der Waals surface area (Å²) in [5, 5.41) is 23.5. The lowest BCUT2D eigenvalue weighted by atomic mass is 10.2. The number of amides is 1. The fourth-order valence-corrected chi connectivity index (χ4v) is 2.10. The van der Waals surface area contributed by atoms with Gasteiger partial charge in [0.15, 0.2) is 0 Å². The number of aromatic hydroxyl groups is 2. The molecule has 4 N–H and O–H groups in total. The molecule has 9 nitrogen and oxygen atoms in total. The van der Waals surface area contributed by atoms with Crippen molar-refractivity contribution >= 4 is 11.6 Å². The normalized spacial score (nSPS) is 11.2. The average molecular weight is 344 g/mol. The maximum Gasteiger partial charge on any atom is 0.331 e. The van der Waals surface area contributed by atoms with Crippen LogP contribution < -0.4 is 16.7 Å². The highest BCUT2D eigenvalue weighted by atomic mass is 16.3. The van der Waals surface area contributed by atoms with E-state index in [0.29, 0.717) is 0 Å². The third-order valence-corrected chi connectivity index (χ3v) is 3.32. The summed E-state index contributed by atoms with van der Waals surface area (Å²) >= 11 is 0. The Morgan fingerprint density at radius 2 is 2.04 bits per heavy atom. The maximum absolute atomic E-state index is 12.0. The summed E-state index contributed by atoms with van der Waals surface area (Å²) < 4.78 is 0.896. The Morgan fingerprint density at radius 3 is 2.68 bits per heavy atom. The molecule has 0 radical (unpaired) electrons. The number of rotatable bonds is 5. The van der Waals surface area contributed by atoms with Crippen molar-refractivity contribution in [3.05, 3.63) is 68.9 Å². The molecule has 0 aliphatic rings. The molecule has 25 heavy (non-hydrogen) atoms. The molecule has 0 unspecified atom stereocenters. The first-order chi connectivity index (χ1) is 11.9. The zero-order valence-electron chi connectivity index (χ0n) is 13.3. The molecule has 0 fully saturated rings. The first-order valence-corrected chi connectivity index (χ1v) is 7.16. The van der Waals surface area contributed by atoms with Gasteiger partial charge in [-0.15, -0.1) is 6.58 Å². The summed E-state index contributed by atoms with van der Waals surface area (Å²) in [5.74, 6) is -1.52. The third kappa shape index (κ3) is 3.66. The van der Waals surface area contributed by atoms with Crippen LogP contribution in [0.4, 0.5) is 0 Å². The lowest BCUT2D eigenvalue weighted by molar-refractivity contribution is 0.0952. The number of hydrogen-bond donors (Lipinski definition) is 4. The summed E-state index contributed by atoms with van der Waals surface area (Å²) in [6.07, 6.45) is 1.37. The first kappa shape index (κ1) is 17.7. The van der Waals surface area contributed by atoms with Crippen LogP contribution in [0.2, 0.25) is 0 Å². The van der Waals surface area contributed by atoms with Crippen molar-refractivity contribution in [1.82, 2.24) is 15.0 Å². The molecule has 9 heteroatoms. The van der Waals surface area contributed by atoms with E-state index in [1.807, 2.05) is 0 Å². The standard InChI is InChI=1S/C16H16N4O5/c1-3-8-20-15(24)12(14(23)17-16(20)25)9(2)18-19-13(22)10-6-4-5-7-11(10)21/h3-7,21,24H,1,8H2,2H3,(H,19,22)(H,17,23,25)/b18-9-. The van der Waals surface area contributed by atoms with Crippen molar-refractivity contribution in [3.8, 4) is 11.6 Å². The highest BCUT2D eigenvalue weighted by molar-refractivity contribution is 6.02. The summed E-state index contributed by atoms with van der Waals surface area (Å²) in [6.45, 7) is 4.81. The van der Waals surface area contributed by atoms with Gasteiger partial charge in [0.05, 0.1) is 11.3 Å². The van der Waals surface area contributed by atoms with E-state index >= 15 is 0 Å². The maximum atomic E-state index is 12.0. The number of aromatic nitrogens is 2. The van der Waals surface area contributed by atoms with Gasteiger partial charge < -0.3 is 10.2 Å². The van der Waals surface area contributed by atoms with E-state index in [0.717, 1.165) is 4.57 Å². The molecule has 0 atom stereocenters. The van der Waals surface area contributed by atoms with Gasteiger partial charge in [-0.05, 0) is 19.1 Å². The molecule has 2 rings (SSSR count). The molecule has 0 aliphatic heterocycles. The monoisotopic (exact) mass is 344 g/mol. The molecule has 1 heterocycles. The van der Waals surface area contributed by atoms with E-state index in [1.165, 1.54) is 25.1 Å². The SMILES string of the molecule is C=CCn1c(O)c(/C(C)=N\NC(=O)c2ccccc2O)c(=O)[nH]c1=O. The van der Waals surface area contributed by atoms with E-state index in [2.05, 4.69) is 22.1 Å². The van der Waals surface area contributed by atoms with Gasteiger partial charge in [0, 0.05) is 6.54 Å². The molecule has 1 amide bonds. The largest absolute Gasteiger partial charge is 0.507 e. The Balaban J connectivity index is 2.37. The Hall–Kier alpha value is -3.62. The number of hydrogen-bond acceptors (Lipinski definition) is 6. The number of H-pyrrole nitrogens is 1. The smallest absolute Gasteiger partial charge is 0.331 e. The van der Waals surface area contributed by atoms with Crippen molar-refractivity contribution < 1.29 is 15.0 Å². The molecule has 2 aromatic rings. The fraction of sp³-hybridized carbons (Fsp3) is 0.125. The molecule has 1 aromatic heterocycles. The molecular weight excluding hydrogens is 328 g/mol. The Kier molecular flexibility index (Phi) is 5.18. The Bertz CT molecular complexity index is 971. The Labute approximate surface area is 141 Å². The van der Waals surface area contributed by atoms with E-state index in [-0.39, 0.29) is 29.1 Å². The van der Waals surface area contributed by atoms with Crippen LogP contribution in [-0.4, -0.2) is 31.4 Å². The van der Waals surface area contributed by atoms with Gasteiger partial charge in [-0.3, -0.25) is 19.1 Å². The number of benzene rings is 1. The number of carbonyl (C=O) groups is 1. The minimum Gasteiger partial charge on any atom is -0.507 e. The minimum atomic E-state index is -0.846. The lowest BCUT2D eigenvalue weighted by Gasteiger charge is -2.09. The number of nitrogens with zero attached hydrogens (tertiary/aromatic N) is 2. The number of carbonyl (C=O) groups excluding carboxylic acids is 1. The third-order valence-electron chi connectivity index (χ3n) is 3.32. The summed E-state index contributed by atoms with van der Waals surface area (Å²) in [5.41, 5.74) is 0.237. The zero-order chi connectivity index (χ0) is 18.6. The lowest BCUT2D eigenvalue weighted by Crippen LogP contribution is -2.34. The van der Waals surface area contributed by atoms with Gasteiger partial charge in [-0.25, -0.2) is 10.2 Å². The second-order valence-electron chi connectivity index (χ2n) is 5.01.